The first-order valence-corrected chi connectivity index (χ1v) is 7.75. The van der Waals surface area contributed by atoms with E-state index in [0.717, 1.165) is 13.1 Å². The van der Waals surface area contributed by atoms with Gasteiger partial charge in [0.1, 0.15) is 0 Å². The maximum absolute atomic E-state index is 7.36. The molecule has 1 aliphatic carbocycles. The molecule has 0 aromatic heterocycles. The van der Waals surface area contributed by atoms with Crippen LogP contribution in [-0.4, -0.2) is 41.6 Å². The zero-order valence-corrected chi connectivity index (χ0v) is 12.5. The SMILES string of the molecule is CC(C)N(CCC(=N)N)CC1CCC2(CCCC2)O1. The predicted molar refractivity (Wildman–Crippen MR) is 78.5 cm³/mol. The maximum atomic E-state index is 7.36. The number of rotatable bonds is 6. The van der Waals surface area contributed by atoms with E-state index in [1.54, 1.807) is 0 Å². The molecule has 4 nitrogen and oxygen atoms in total. The van der Waals surface area contributed by atoms with Gasteiger partial charge in [0.15, 0.2) is 0 Å². The van der Waals surface area contributed by atoms with E-state index in [9.17, 15) is 0 Å². The van der Waals surface area contributed by atoms with Crippen molar-refractivity contribution < 1.29 is 4.74 Å². The van der Waals surface area contributed by atoms with E-state index < -0.39 is 0 Å². The molecule has 1 spiro atoms. The van der Waals surface area contributed by atoms with Gasteiger partial charge in [-0.15, -0.1) is 0 Å². The van der Waals surface area contributed by atoms with Crippen LogP contribution in [0.15, 0.2) is 0 Å². The monoisotopic (exact) mass is 267 g/mol. The van der Waals surface area contributed by atoms with E-state index in [0.29, 0.717) is 18.6 Å². The Labute approximate surface area is 117 Å². The number of nitrogens with two attached hydrogens (primary N) is 1. The van der Waals surface area contributed by atoms with Crippen LogP contribution in [-0.2, 0) is 4.74 Å². The van der Waals surface area contributed by atoms with Gasteiger partial charge in [-0.05, 0) is 39.5 Å². The van der Waals surface area contributed by atoms with Gasteiger partial charge in [0.2, 0.25) is 0 Å². The Bertz CT molecular complexity index is 311. The topological polar surface area (TPSA) is 62.3 Å². The summed E-state index contributed by atoms with van der Waals surface area (Å²) < 4.78 is 6.37. The molecule has 2 fully saturated rings. The Hall–Kier alpha value is -0.610. The van der Waals surface area contributed by atoms with Crippen LogP contribution in [0.25, 0.3) is 0 Å². The van der Waals surface area contributed by atoms with Crippen LogP contribution in [0, 0.1) is 5.41 Å². The molecule has 1 aliphatic heterocycles. The van der Waals surface area contributed by atoms with Crippen molar-refractivity contribution in [3.05, 3.63) is 0 Å². The fraction of sp³-hybridized carbons (Fsp3) is 0.933. The highest BCUT2D eigenvalue weighted by molar-refractivity contribution is 5.76. The Morgan fingerprint density at radius 3 is 2.63 bits per heavy atom. The Morgan fingerprint density at radius 2 is 2.05 bits per heavy atom. The van der Waals surface area contributed by atoms with Crippen LogP contribution < -0.4 is 5.73 Å². The molecule has 0 aromatic carbocycles. The van der Waals surface area contributed by atoms with Crippen LogP contribution in [0.5, 0.6) is 0 Å². The van der Waals surface area contributed by atoms with E-state index in [2.05, 4.69) is 18.7 Å². The number of amidine groups is 1. The Balaban J connectivity index is 1.82. The molecule has 1 saturated heterocycles. The zero-order chi connectivity index (χ0) is 13.9. The molecule has 0 aromatic rings. The first kappa shape index (κ1) is 14.8. The van der Waals surface area contributed by atoms with Gasteiger partial charge in [0, 0.05) is 25.6 Å². The molecule has 3 N–H and O–H groups in total. The molecular weight excluding hydrogens is 238 g/mol. The standard InChI is InChI=1S/C15H29N3O/c1-12(2)18(10-6-14(16)17)11-13-5-9-15(19-13)7-3-4-8-15/h12-13H,3-11H2,1-2H3,(H3,16,17). The largest absolute Gasteiger partial charge is 0.388 e. The normalized spacial score (nSPS) is 25.8. The van der Waals surface area contributed by atoms with E-state index >= 15 is 0 Å². The Morgan fingerprint density at radius 1 is 1.37 bits per heavy atom. The summed E-state index contributed by atoms with van der Waals surface area (Å²) in [6, 6.07) is 0.489. The summed E-state index contributed by atoms with van der Waals surface area (Å²) in [7, 11) is 0. The van der Waals surface area contributed by atoms with Crippen LogP contribution in [0.1, 0.15) is 58.8 Å². The second-order valence-electron chi connectivity index (χ2n) is 6.53. The lowest BCUT2D eigenvalue weighted by molar-refractivity contribution is -0.0498. The van der Waals surface area contributed by atoms with Crippen molar-refractivity contribution in [2.75, 3.05) is 13.1 Å². The fourth-order valence-corrected chi connectivity index (χ4v) is 3.50. The van der Waals surface area contributed by atoms with Gasteiger partial charge in [0.25, 0.3) is 0 Å². The summed E-state index contributed by atoms with van der Waals surface area (Å²) in [6.07, 6.45) is 8.69. The molecule has 0 bridgehead atoms. The lowest BCUT2D eigenvalue weighted by atomic mass is 9.98. The van der Waals surface area contributed by atoms with Crippen LogP contribution in [0.2, 0.25) is 0 Å². The highest BCUT2D eigenvalue weighted by Crippen LogP contribution is 2.43. The average molecular weight is 267 g/mol. The van der Waals surface area contributed by atoms with Crippen molar-refractivity contribution in [1.82, 2.24) is 4.90 Å². The number of hydrogen-bond acceptors (Lipinski definition) is 3. The van der Waals surface area contributed by atoms with Crippen molar-refractivity contribution in [3.63, 3.8) is 0 Å². The van der Waals surface area contributed by atoms with E-state index in [4.69, 9.17) is 15.9 Å². The third-order valence-electron chi connectivity index (χ3n) is 4.69. The molecule has 4 heteroatoms. The highest BCUT2D eigenvalue weighted by Gasteiger charge is 2.42. The molecule has 0 amide bonds. The third-order valence-corrected chi connectivity index (χ3v) is 4.69. The molecule has 2 aliphatic rings. The average Bonchev–Trinajstić information content (AvgIpc) is 2.95. The van der Waals surface area contributed by atoms with Crippen LogP contribution in [0.4, 0.5) is 0 Å². The van der Waals surface area contributed by atoms with E-state index in [-0.39, 0.29) is 11.4 Å². The van der Waals surface area contributed by atoms with Crippen molar-refractivity contribution >= 4 is 5.84 Å². The number of nitrogens with zero attached hydrogens (tertiary/aromatic N) is 1. The van der Waals surface area contributed by atoms with Gasteiger partial charge in [0.05, 0.1) is 17.5 Å². The van der Waals surface area contributed by atoms with Crippen molar-refractivity contribution in [2.45, 2.75) is 76.5 Å². The summed E-state index contributed by atoms with van der Waals surface area (Å²) in [4.78, 5) is 2.40. The first-order chi connectivity index (χ1) is 9.01. The molecule has 1 atom stereocenters. The zero-order valence-electron chi connectivity index (χ0n) is 12.5. The Kier molecular flexibility index (Phi) is 4.85. The maximum Gasteiger partial charge on any atom is 0.0918 e. The minimum absolute atomic E-state index is 0.230. The fourth-order valence-electron chi connectivity index (χ4n) is 3.50. The minimum atomic E-state index is 0.230. The van der Waals surface area contributed by atoms with Gasteiger partial charge in [-0.1, -0.05) is 12.8 Å². The van der Waals surface area contributed by atoms with Crippen LogP contribution in [0.3, 0.4) is 0 Å². The van der Waals surface area contributed by atoms with Gasteiger partial charge in [-0.2, -0.15) is 0 Å². The van der Waals surface area contributed by atoms with E-state index in [1.807, 2.05) is 0 Å². The number of ether oxygens (including phenoxy) is 1. The van der Waals surface area contributed by atoms with Crippen molar-refractivity contribution in [3.8, 4) is 0 Å². The summed E-state index contributed by atoms with van der Waals surface area (Å²) in [5, 5.41) is 7.36. The predicted octanol–water partition coefficient (Wildman–Crippen LogP) is 2.51. The molecule has 1 heterocycles. The number of hydrogen-bond donors (Lipinski definition) is 2. The van der Waals surface area contributed by atoms with Crippen molar-refractivity contribution in [2.24, 2.45) is 5.73 Å². The van der Waals surface area contributed by atoms with Gasteiger partial charge >= 0.3 is 0 Å². The molecular formula is C15H29N3O. The van der Waals surface area contributed by atoms with Gasteiger partial charge in [-0.3, -0.25) is 10.3 Å². The van der Waals surface area contributed by atoms with Gasteiger partial charge < -0.3 is 10.5 Å². The second-order valence-corrected chi connectivity index (χ2v) is 6.53. The summed E-state index contributed by atoms with van der Waals surface area (Å²) in [5.74, 6) is 0.283. The first-order valence-electron chi connectivity index (χ1n) is 7.75. The summed E-state index contributed by atoms with van der Waals surface area (Å²) in [5.41, 5.74) is 5.70. The van der Waals surface area contributed by atoms with Crippen LogP contribution >= 0.6 is 0 Å². The third kappa shape index (κ3) is 3.93. The molecule has 110 valence electrons. The van der Waals surface area contributed by atoms with Crippen molar-refractivity contribution in [1.29, 1.82) is 5.41 Å². The molecule has 19 heavy (non-hydrogen) atoms. The quantitative estimate of drug-likeness (QED) is 0.574. The molecule has 2 rings (SSSR count). The number of nitrogens with one attached hydrogen (secondary N) is 1. The summed E-state index contributed by atoms with van der Waals surface area (Å²) >= 11 is 0. The van der Waals surface area contributed by atoms with E-state index in [1.165, 1.54) is 38.5 Å². The molecule has 1 saturated carbocycles. The smallest absolute Gasteiger partial charge is 0.0918 e. The van der Waals surface area contributed by atoms with Gasteiger partial charge in [-0.25, -0.2) is 0 Å². The highest BCUT2D eigenvalue weighted by atomic mass is 16.5. The second kappa shape index (κ2) is 6.23. The lowest BCUT2D eigenvalue weighted by Crippen LogP contribution is -2.40. The summed E-state index contributed by atoms with van der Waals surface area (Å²) in [6.45, 7) is 6.29. The lowest BCUT2D eigenvalue weighted by Gasteiger charge is -2.30. The molecule has 0 radical (unpaired) electrons. The molecule has 1 unspecified atom stereocenters. The minimum Gasteiger partial charge on any atom is -0.388 e.